The van der Waals surface area contributed by atoms with E-state index in [1.54, 1.807) is 13.3 Å². The summed E-state index contributed by atoms with van der Waals surface area (Å²) in [6.07, 6.45) is 4.39. The van der Waals surface area contributed by atoms with Gasteiger partial charge in [-0.3, -0.25) is 9.58 Å². The minimum atomic E-state index is 0.296. The quantitative estimate of drug-likeness (QED) is 0.763. The first-order chi connectivity index (χ1) is 12.2. The minimum absolute atomic E-state index is 0.296. The second-order valence-electron chi connectivity index (χ2n) is 7.06. The molecule has 134 valence electrons. The van der Waals surface area contributed by atoms with Crippen molar-refractivity contribution in [1.82, 2.24) is 24.9 Å². The highest BCUT2D eigenvalue weighted by Crippen LogP contribution is 2.31. The van der Waals surface area contributed by atoms with Crippen LogP contribution in [-0.4, -0.2) is 51.7 Å². The highest BCUT2D eigenvalue weighted by atomic mass is 16.5. The lowest BCUT2D eigenvalue weighted by Crippen LogP contribution is -2.36. The van der Waals surface area contributed by atoms with E-state index < -0.39 is 0 Å². The number of ether oxygens (including phenoxy) is 2. The third-order valence-corrected chi connectivity index (χ3v) is 4.99. The van der Waals surface area contributed by atoms with E-state index in [0.29, 0.717) is 11.8 Å². The Bertz CT molecular complexity index is 728. The largest absolute Gasteiger partial charge is 0.481 e. The fourth-order valence-electron chi connectivity index (χ4n) is 3.58. The van der Waals surface area contributed by atoms with Gasteiger partial charge in [-0.25, -0.2) is 4.98 Å². The first kappa shape index (κ1) is 16.5. The molecule has 1 fully saturated rings. The summed E-state index contributed by atoms with van der Waals surface area (Å²) in [6, 6.07) is 4.02. The number of fused-ring (bicyclic) bond motifs is 1. The van der Waals surface area contributed by atoms with Crippen molar-refractivity contribution in [3.63, 3.8) is 0 Å². The maximum Gasteiger partial charge on any atom is 0.217 e. The predicted octanol–water partition coefficient (Wildman–Crippen LogP) is 1.74. The van der Waals surface area contributed by atoms with Crippen LogP contribution in [0, 0.1) is 5.92 Å². The van der Waals surface area contributed by atoms with Crippen molar-refractivity contribution >= 4 is 0 Å². The third-order valence-electron chi connectivity index (χ3n) is 4.99. The molecule has 0 saturated heterocycles. The van der Waals surface area contributed by atoms with Gasteiger partial charge in [-0.15, -0.1) is 5.10 Å². The van der Waals surface area contributed by atoms with Crippen LogP contribution in [-0.2, 0) is 24.9 Å². The lowest BCUT2D eigenvalue weighted by molar-refractivity contribution is 0.0864. The third kappa shape index (κ3) is 3.67. The van der Waals surface area contributed by atoms with Gasteiger partial charge in [0.15, 0.2) is 0 Å². The molecule has 3 heterocycles. The molecule has 1 atom stereocenters. The van der Waals surface area contributed by atoms with Crippen LogP contribution in [0.15, 0.2) is 18.3 Å². The lowest BCUT2D eigenvalue weighted by atomic mass is 9.98. The van der Waals surface area contributed by atoms with Crippen molar-refractivity contribution in [3.8, 4) is 5.88 Å². The molecule has 2 aliphatic rings. The first-order valence-electron chi connectivity index (χ1n) is 8.91. The highest BCUT2D eigenvalue weighted by Gasteiger charge is 2.31. The molecule has 0 spiro atoms. The van der Waals surface area contributed by atoms with Gasteiger partial charge in [0.1, 0.15) is 5.69 Å². The van der Waals surface area contributed by atoms with Crippen LogP contribution in [0.5, 0.6) is 5.88 Å². The van der Waals surface area contributed by atoms with Crippen LogP contribution >= 0.6 is 0 Å². The Balaban J connectivity index is 1.48. The van der Waals surface area contributed by atoms with Crippen LogP contribution in [0.4, 0.5) is 0 Å². The highest BCUT2D eigenvalue weighted by molar-refractivity contribution is 5.26. The molecule has 25 heavy (non-hydrogen) atoms. The van der Waals surface area contributed by atoms with E-state index in [1.165, 1.54) is 18.5 Å². The van der Waals surface area contributed by atoms with Gasteiger partial charge >= 0.3 is 0 Å². The van der Waals surface area contributed by atoms with Crippen molar-refractivity contribution in [2.75, 3.05) is 26.9 Å². The number of methoxy groups -OCH3 is 1. The van der Waals surface area contributed by atoms with Crippen molar-refractivity contribution in [1.29, 1.82) is 0 Å². The normalized spacial score (nSPS) is 20.5. The SMILES string of the molecule is COc1ncccc1CN1Cc2nnn(C)c2[C@H](COCC2CC2)C1. The van der Waals surface area contributed by atoms with Crippen LogP contribution in [0.1, 0.15) is 35.7 Å². The van der Waals surface area contributed by atoms with Crippen molar-refractivity contribution < 1.29 is 9.47 Å². The molecule has 1 saturated carbocycles. The Labute approximate surface area is 147 Å². The Hall–Kier alpha value is -1.99. The van der Waals surface area contributed by atoms with Crippen molar-refractivity contribution in [2.45, 2.75) is 31.8 Å². The summed E-state index contributed by atoms with van der Waals surface area (Å²) in [5, 5.41) is 8.59. The van der Waals surface area contributed by atoms with E-state index in [9.17, 15) is 0 Å². The molecule has 0 unspecified atom stereocenters. The Morgan fingerprint density at radius 2 is 2.16 bits per heavy atom. The predicted molar refractivity (Wildman–Crippen MR) is 92.2 cm³/mol. The standard InChI is InChI=1S/C18H25N5O2/c1-22-17-15(12-25-11-13-5-6-13)9-23(10-16(17)20-21-22)8-14-4-3-7-19-18(14)24-2/h3-4,7,13,15H,5-6,8-12H2,1-2H3/t15-/m0/s1. The number of aromatic nitrogens is 4. The molecule has 7 nitrogen and oxygen atoms in total. The zero-order chi connectivity index (χ0) is 17.2. The van der Waals surface area contributed by atoms with Gasteiger partial charge in [-0.2, -0.15) is 0 Å². The number of pyridine rings is 1. The number of hydrogen-bond donors (Lipinski definition) is 0. The van der Waals surface area contributed by atoms with E-state index in [1.807, 2.05) is 17.8 Å². The molecule has 0 bridgehead atoms. The summed E-state index contributed by atoms with van der Waals surface area (Å²) < 4.78 is 13.3. The first-order valence-corrected chi connectivity index (χ1v) is 8.91. The molecule has 0 aromatic carbocycles. The number of rotatable bonds is 7. The molecular weight excluding hydrogens is 318 g/mol. The number of aryl methyl sites for hydroxylation is 1. The zero-order valence-electron chi connectivity index (χ0n) is 14.9. The van der Waals surface area contributed by atoms with Crippen LogP contribution in [0.2, 0.25) is 0 Å². The van der Waals surface area contributed by atoms with Gasteiger partial charge in [0.05, 0.1) is 19.4 Å². The zero-order valence-corrected chi connectivity index (χ0v) is 14.9. The average molecular weight is 343 g/mol. The lowest BCUT2D eigenvalue weighted by Gasteiger charge is -2.32. The summed E-state index contributed by atoms with van der Waals surface area (Å²) in [4.78, 5) is 6.68. The second kappa shape index (κ2) is 7.09. The summed E-state index contributed by atoms with van der Waals surface area (Å²) in [5.41, 5.74) is 3.36. The van der Waals surface area contributed by atoms with Gasteiger partial charge < -0.3 is 9.47 Å². The maximum atomic E-state index is 5.99. The van der Waals surface area contributed by atoms with Gasteiger partial charge in [0.2, 0.25) is 5.88 Å². The molecule has 2 aromatic heterocycles. The summed E-state index contributed by atoms with van der Waals surface area (Å²) in [5.74, 6) is 1.77. The summed E-state index contributed by atoms with van der Waals surface area (Å²) >= 11 is 0. The Morgan fingerprint density at radius 1 is 1.28 bits per heavy atom. The second-order valence-corrected chi connectivity index (χ2v) is 7.06. The summed E-state index contributed by atoms with van der Waals surface area (Å²) in [7, 11) is 3.64. The molecule has 1 aliphatic heterocycles. The van der Waals surface area contributed by atoms with Crippen molar-refractivity contribution in [2.24, 2.45) is 13.0 Å². The van der Waals surface area contributed by atoms with Gasteiger partial charge in [-0.05, 0) is 24.8 Å². The monoisotopic (exact) mass is 343 g/mol. The molecule has 0 radical (unpaired) electrons. The molecule has 7 heteroatoms. The van der Waals surface area contributed by atoms with E-state index >= 15 is 0 Å². The van der Waals surface area contributed by atoms with Gasteiger partial charge in [-0.1, -0.05) is 11.3 Å². The van der Waals surface area contributed by atoms with E-state index in [0.717, 1.165) is 50.0 Å². The van der Waals surface area contributed by atoms with Crippen LogP contribution in [0.25, 0.3) is 0 Å². The summed E-state index contributed by atoms with van der Waals surface area (Å²) in [6.45, 7) is 4.11. The van der Waals surface area contributed by atoms with E-state index in [-0.39, 0.29) is 0 Å². The van der Waals surface area contributed by atoms with Crippen molar-refractivity contribution in [3.05, 3.63) is 35.3 Å². The Kier molecular flexibility index (Phi) is 4.67. The average Bonchev–Trinajstić information content (AvgIpc) is 3.37. The van der Waals surface area contributed by atoms with Gasteiger partial charge in [0, 0.05) is 51.0 Å². The molecule has 4 rings (SSSR count). The van der Waals surface area contributed by atoms with E-state index in [2.05, 4.69) is 26.3 Å². The van der Waals surface area contributed by atoms with Crippen LogP contribution < -0.4 is 4.74 Å². The molecule has 0 N–H and O–H groups in total. The van der Waals surface area contributed by atoms with Gasteiger partial charge in [0.25, 0.3) is 0 Å². The molecular formula is C18H25N5O2. The number of nitrogens with zero attached hydrogens (tertiary/aromatic N) is 5. The fourth-order valence-corrected chi connectivity index (χ4v) is 3.58. The molecule has 2 aromatic rings. The molecule has 1 aliphatic carbocycles. The minimum Gasteiger partial charge on any atom is -0.481 e. The topological polar surface area (TPSA) is 65.3 Å². The smallest absolute Gasteiger partial charge is 0.217 e. The maximum absolute atomic E-state index is 5.99. The van der Waals surface area contributed by atoms with Crippen LogP contribution in [0.3, 0.4) is 0 Å². The van der Waals surface area contributed by atoms with E-state index in [4.69, 9.17) is 9.47 Å². The Morgan fingerprint density at radius 3 is 2.96 bits per heavy atom. The number of hydrogen-bond acceptors (Lipinski definition) is 6. The molecule has 0 amide bonds. The fraction of sp³-hybridized carbons (Fsp3) is 0.611.